The number of nitrogens with one attached hydrogen (secondary N) is 2. The lowest BCUT2D eigenvalue weighted by atomic mass is 10.1. The Labute approximate surface area is 138 Å². The highest BCUT2D eigenvalue weighted by Crippen LogP contribution is 2.11. The van der Waals surface area contributed by atoms with Gasteiger partial charge in [0.1, 0.15) is 0 Å². The standard InChI is InChI=1S/C16H20N2O2S.ClH/c1-21(19,20)18-16-9-7-14(8-10-16)11-12-17-13-15-5-3-2-4-6-15;/h2-10,17-18H,11-13H2,1H3;1H. The van der Waals surface area contributed by atoms with Crippen molar-refractivity contribution >= 4 is 28.1 Å². The van der Waals surface area contributed by atoms with Crippen LogP contribution in [0.3, 0.4) is 0 Å². The van der Waals surface area contributed by atoms with Crippen LogP contribution in [0.2, 0.25) is 0 Å². The van der Waals surface area contributed by atoms with Crippen LogP contribution in [0.1, 0.15) is 11.1 Å². The van der Waals surface area contributed by atoms with E-state index in [4.69, 9.17) is 0 Å². The Morgan fingerprint density at radius 2 is 1.55 bits per heavy atom. The fourth-order valence-electron chi connectivity index (χ4n) is 2.01. The molecule has 2 aromatic carbocycles. The van der Waals surface area contributed by atoms with E-state index in [9.17, 15) is 8.42 Å². The van der Waals surface area contributed by atoms with Crippen LogP contribution >= 0.6 is 12.4 Å². The molecule has 0 saturated carbocycles. The zero-order valence-corrected chi connectivity index (χ0v) is 14.1. The molecule has 0 unspecified atom stereocenters. The van der Waals surface area contributed by atoms with E-state index >= 15 is 0 Å². The van der Waals surface area contributed by atoms with Crippen molar-refractivity contribution in [1.82, 2.24) is 5.32 Å². The summed E-state index contributed by atoms with van der Waals surface area (Å²) in [7, 11) is -3.20. The van der Waals surface area contributed by atoms with Gasteiger partial charge in [-0.3, -0.25) is 4.72 Å². The van der Waals surface area contributed by atoms with E-state index in [0.29, 0.717) is 5.69 Å². The third-order valence-electron chi connectivity index (χ3n) is 3.02. The minimum absolute atomic E-state index is 0. The van der Waals surface area contributed by atoms with Crippen molar-refractivity contribution < 1.29 is 8.42 Å². The Balaban J connectivity index is 0.00000242. The summed E-state index contributed by atoms with van der Waals surface area (Å²) in [5.74, 6) is 0. The minimum atomic E-state index is -3.20. The molecule has 120 valence electrons. The first kappa shape index (κ1) is 18.5. The van der Waals surface area contributed by atoms with Crippen LogP contribution in [0.4, 0.5) is 5.69 Å². The largest absolute Gasteiger partial charge is 0.312 e. The van der Waals surface area contributed by atoms with E-state index in [1.54, 1.807) is 12.1 Å². The summed E-state index contributed by atoms with van der Waals surface area (Å²) in [6, 6.07) is 17.7. The summed E-state index contributed by atoms with van der Waals surface area (Å²) >= 11 is 0. The third-order valence-corrected chi connectivity index (χ3v) is 3.63. The van der Waals surface area contributed by atoms with Crippen LogP contribution in [0, 0.1) is 0 Å². The third kappa shape index (κ3) is 6.93. The fraction of sp³-hybridized carbons (Fsp3) is 0.250. The normalized spacial score (nSPS) is 10.8. The topological polar surface area (TPSA) is 58.2 Å². The van der Waals surface area contributed by atoms with Crippen LogP contribution < -0.4 is 10.0 Å². The lowest BCUT2D eigenvalue weighted by molar-refractivity contribution is 0.607. The van der Waals surface area contributed by atoms with E-state index in [2.05, 4.69) is 22.2 Å². The molecule has 2 aromatic rings. The van der Waals surface area contributed by atoms with Crippen molar-refractivity contribution in [1.29, 1.82) is 0 Å². The predicted octanol–water partition coefficient (Wildman–Crippen LogP) is 2.81. The van der Waals surface area contributed by atoms with Crippen LogP contribution in [-0.4, -0.2) is 21.2 Å². The molecule has 0 aromatic heterocycles. The van der Waals surface area contributed by atoms with E-state index in [-0.39, 0.29) is 12.4 Å². The molecule has 0 aliphatic rings. The first-order valence-electron chi connectivity index (χ1n) is 6.84. The fourth-order valence-corrected chi connectivity index (χ4v) is 2.58. The molecule has 0 heterocycles. The summed E-state index contributed by atoms with van der Waals surface area (Å²) in [6.07, 6.45) is 2.06. The van der Waals surface area contributed by atoms with Crippen molar-refractivity contribution in [2.45, 2.75) is 13.0 Å². The van der Waals surface area contributed by atoms with E-state index in [1.807, 2.05) is 30.3 Å². The van der Waals surface area contributed by atoms with Gasteiger partial charge in [-0.2, -0.15) is 0 Å². The maximum Gasteiger partial charge on any atom is 0.229 e. The first-order valence-corrected chi connectivity index (χ1v) is 8.73. The molecule has 0 amide bonds. The van der Waals surface area contributed by atoms with Crippen molar-refractivity contribution in [3.8, 4) is 0 Å². The van der Waals surface area contributed by atoms with Gasteiger partial charge < -0.3 is 5.32 Å². The Kier molecular flexibility index (Phi) is 7.38. The molecule has 0 saturated heterocycles. The predicted molar refractivity (Wildman–Crippen MR) is 94.0 cm³/mol. The molecule has 0 atom stereocenters. The van der Waals surface area contributed by atoms with E-state index < -0.39 is 10.0 Å². The summed E-state index contributed by atoms with van der Waals surface area (Å²) in [5, 5.41) is 3.39. The van der Waals surface area contributed by atoms with Crippen LogP contribution in [0.5, 0.6) is 0 Å². The number of benzene rings is 2. The molecule has 2 rings (SSSR count). The molecule has 0 bridgehead atoms. The van der Waals surface area contributed by atoms with Crippen LogP contribution in [0.15, 0.2) is 54.6 Å². The smallest absolute Gasteiger partial charge is 0.229 e. The number of anilines is 1. The highest BCUT2D eigenvalue weighted by atomic mass is 35.5. The summed E-state index contributed by atoms with van der Waals surface area (Å²) < 4.78 is 24.7. The molecule has 0 aliphatic heterocycles. The molecule has 6 heteroatoms. The highest BCUT2D eigenvalue weighted by Gasteiger charge is 2.01. The molecule has 2 N–H and O–H groups in total. The van der Waals surface area contributed by atoms with Crippen molar-refractivity contribution in [2.75, 3.05) is 17.5 Å². The van der Waals surface area contributed by atoms with E-state index in [1.165, 1.54) is 11.1 Å². The number of halogens is 1. The lowest BCUT2D eigenvalue weighted by Gasteiger charge is -2.07. The molecule has 0 spiro atoms. The Morgan fingerprint density at radius 1 is 0.909 bits per heavy atom. The van der Waals surface area contributed by atoms with Gasteiger partial charge in [0.15, 0.2) is 0 Å². The quantitative estimate of drug-likeness (QED) is 0.762. The molecular formula is C16H21ClN2O2S. The van der Waals surface area contributed by atoms with Gasteiger partial charge in [-0.15, -0.1) is 12.4 Å². The number of rotatable bonds is 7. The number of sulfonamides is 1. The summed E-state index contributed by atoms with van der Waals surface area (Å²) in [6.45, 7) is 1.74. The molecule has 4 nitrogen and oxygen atoms in total. The van der Waals surface area contributed by atoms with Crippen LogP contribution in [0.25, 0.3) is 0 Å². The van der Waals surface area contributed by atoms with Gasteiger partial charge in [0.25, 0.3) is 0 Å². The Morgan fingerprint density at radius 3 is 2.14 bits per heavy atom. The summed E-state index contributed by atoms with van der Waals surface area (Å²) in [5.41, 5.74) is 3.04. The van der Waals surface area contributed by atoms with Gasteiger partial charge >= 0.3 is 0 Å². The SMILES string of the molecule is CS(=O)(=O)Nc1ccc(CCNCc2ccccc2)cc1.Cl. The lowest BCUT2D eigenvalue weighted by Crippen LogP contribution is -2.16. The Bertz CT molecular complexity index is 658. The van der Waals surface area contributed by atoms with Gasteiger partial charge in [0.05, 0.1) is 6.26 Å². The van der Waals surface area contributed by atoms with Gasteiger partial charge in [-0.1, -0.05) is 42.5 Å². The second kappa shape index (κ2) is 8.78. The first-order chi connectivity index (χ1) is 10.0. The molecule has 0 radical (unpaired) electrons. The average molecular weight is 341 g/mol. The second-order valence-corrected chi connectivity index (χ2v) is 6.73. The Hall–Kier alpha value is -1.56. The zero-order valence-electron chi connectivity index (χ0n) is 12.5. The minimum Gasteiger partial charge on any atom is -0.312 e. The second-order valence-electron chi connectivity index (χ2n) is 4.98. The maximum atomic E-state index is 11.1. The van der Waals surface area contributed by atoms with Crippen molar-refractivity contribution in [2.24, 2.45) is 0 Å². The van der Waals surface area contributed by atoms with E-state index in [0.717, 1.165) is 25.8 Å². The van der Waals surface area contributed by atoms with Gasteiger partial charge in [-0.05, 0) is 36.2 Å². The average Bonchev–Trinajstić information content (AvgIpc) is 2.45. The van der Waals surface area contributed by atoms with Gasteiger partial charge in [0, 0.05) is 12.2 Å². The monoisotopic (exact) mass is 340 g/mol. The number of hydrogen-bond acceptors (Lipinski definition) is 3. The highest BCUT2D eigenvalue weighted by molar-refractivity contribution is 7.92. The van der Waals surface area contributed by atoms with Crippen molar-refractivity contribution in [3.63, 3.8) is 0 Å². The summed E-state index contributed by atoms with van der Waals surface area (Å²) in [4.78, 5) is 0. The van der Waals surface area contributed by atoms with Gasteiger partial charge in [0.2, 0.25) is 10.0 Å². The molecular weight excluding hydrogens is 320 g/mol. The molecule has 22 heavy (non-hydrogen) atoms. The molecule has 0 aliphatic carbocycles. The van der Waals surface area contributed by atoms with Crippen LogP contribution in [-0.2, 0) is 23.0 Å². The zero-order chi connectivity index (χ0) is 15.1. The maximum absolute atomic E-state index is 11.1. The van der Waals surface area contributed by atoms with Crippen molar-refractivity contribution in [3.05, 3.63) is 65.7 Å². The van der Waals surface area contributed by atoms with Gasteiger partial charge in [-0.25, -0.2) is 8.42 Å². The number of hydrogen-bond donors (Lipinski definition) is 2. The molecule has 0 fully saturated rings.